The van der Waals surface area contributed by atoms with E-state index in [1.807, 2.05) is 6.08 Å². The molecule has 1 saturated carbocycles. The van der Waals surface area contributed by atoms with Gasteiger partial charge in [-0.1, -0.05) is 24.6 Å². The van der Waals surface area contributed by atoms with Gasteiger partial charge in [-0.25, -0.2) is 0 Å². The van der Waals surface area contributed by atoms with Gasteiger partial charge in [0.1, 0.15) is 0 Å². The largest absolute Gasteiger partial charge is 0.295 e. The highest BCUT2D eigenvalue weighted by atomic mass is 16.1. The van der Waals surface area contributed by atoms with Gasteiger partial charge >= 0.3 is 0 Å². The Balaban J connectivity index is 2.39. The van der Waals surface area contributed by atoms with Crippen LogP contribution in [0.2, 0.25) is 0 Å². The molecule has 1 nitrogen and oxygen atoms in total. The Labute approximate surface area is 79.5 Å². The van der Waals surface area contributed by atoms with Crippen molar-refractivity contribution in [1.82, 2.24) is 0 Å². The van der Waals surface area contributed by atoms with Crippen LogP contribution < -0.4 is 0 Å². The van der Waals surface area contributed by atoms with Gasteiger partial charge in [-0.15, -0.1) is 0 Å². The number of allylic oxidation sites excluding steroid dienone is 3. The molecule has 0 aromatic rings. The zero-order valence-electron chi connectivity index (χ0n) is 8.23. The van der Waals surface area contributed by atoms with Crippen molar-refractivity contribution in [2.75, 3.05) is 0 Å². The first kappa shape index (κ1) is 8.74. The van der Waals surface area contributed by atoms with E-state index in [1.165, 1.54) is 17.6 Å². The van der Waals surface area contributed by atoms with Crippen LogP contribution in [0.4, 0.5) is 0 Å². The summed E-state index contributed by atoms with van der Waals surface area (Å²) in [4.78, 5) is 11.3. The van der Waals surface area contributed by atoms with Crippen LogP contribution in [0.25, 0.3) is 0 Å². The van der Waals surface area contributed by atoms with Gasteiger partial charge in [0.2, 0.25) is 0 Å². The smallest absolute Gasteiger partial charge is 0.155 e. The van der Waals surface area contributed by atoms with Crippen molar-refractivity contribution in [1.29, 1.82) is 0 Å². The summed E-state index contributed by atoms with van der Waals surface area (Å²) in [7, 11) is 0. The molecule has 0 aliphatic heterocycles. The van der Waals surface area contributed by atoms with E-state index in [2.05, 4.69) is 13.5 Å². The molecule has 1 fully saturated rings. The topological polar surface area (TPSA) is 17.1 Å². The van der Waals surface area contributed by atoms with Crippen molar-refractivity contribution in [3.8, 4) is 0 Å². The lowest BCUT2D eigenvalue weighted by molar-refractivity contribution is -0.115. The highest BCUT2D eigenvalue weighted by Gasteiger charge is 2.37. The molecule has 0 aromatic heterocycles. The number of ketones is 1. The first-order chi connectivity index (χ1) is 6.13. The molecular formula is C12H16O. The van der Waals surface area contributed by atoms with Gasteiger partial charge in [0.15, 0.2) is 5.78 Å². The fourth-order valence-corrected chi connectivity index (χ4v) is 2.48. The summed E-state index contributed by atoms with van der Waals surface area (Å²) < 4.78 is 0. The van der Waals surface area contributed by atoms with Gasteiger partial charge in [0.05, 0.1) is 0 Å². The average molecular weight is 176 g/mol. The van der Waals surface area contributed by atoms with Crippen molar-refractivity contribution in [2.45, 2.75) is 39.0 Å². The monoisotopic (exact) mass is 176 g/mol. The molecular weight excluding hydrogens is 160 g/mol. The third-order valence-electron chi connectivity index (χ3n) is 3.62. The molecule has 0 radical (unpaired) electrons. The summed E-state index contributed by atoms with van der Waals surface area (Å²) in [5, 5.41) is 0. The van der Waals surface area contributed by atoms with Crippen LogP contribution in [0.5, 0.6) is 0 Å². The van der Waals surface area contributed by atoms with Gasteiger partial charge in [0, 0.05) is 11.8 Å². The average Bonchev–Trinajstić information content (AvgIpc) is 2.09. The molecule has 2 rings (SSSR count). The van der Waals surface area contributed by atoms with Crippen molar-refractivity contribution >= 4 is 5.78 Å². The van der Waals surface area contributed by atoms with Crippen LogP contribution in [-0.2, 0) is 4.79 Å². The maximum absolute atomic E-state index is 11.3. The Kier molecular flexibility index (Phi) is 1.90. The summed E-state index contributed by atoms with van der Waals surface area (Å²) in [6, 6.07) is 0. The lowest BCUT2D eigenvalue weighted by atomic mass is 9.63. The molecule has 1 atom stereocenters. The van der Waals surface area contributed by atoms with E-state index in [0.717, 1.165) is 19.3 Å². The van der Waals surface area contributed by atoms with E-state index in [-0.39, 0.29) is 5.41 Å². The highest BCUT2D eigenvalue weighted by molar-refractivity contribution is 5.91. The molecule has 0 unspecified atom stereocenters. The Bertz CT molecular complexity index is 298. The predicted molar refractivity (Wildman–Crippen MR) is 53.4 cm³/mol. The van der Waals surface area contributed by atoms with Crippen LogP contribution in [0.15, 0.2) is 23.8 Å². The second-order valence-corrected chi connectivity index (χ2v) is 4.43. The second kappa shape index (κ2) is 2.83. The fraction of sp³-hybridized carbons (Fsp3) is 0.583. The Morgan fingerprint density at radius 3 is 2.92 bits per heavy atom. The number of hydrogen-bond acceptors (Lipinski definition) is 1. The molecule has 0 bridgehead atoms. The van der Waals surface area contributed by atoms with Crippen LogP contribution in [0.3, 0.4) is 0 Å². The van der Waals surface area contributed by atoms with Crippen LogP contribution >= 0.6 is 0 Å². The van der Waals surface area contributed by atoms with E-state index < -0.39 is 0 Å². The van der Waals surface area contributed by atoms with Crippen molar-refractivity contribution in [3.05, 3.63) is 23.8 Å². The summed E-state index contributed by atoms with van der Waals surface area (Å²) in [6.45, 7) is 6.39. The molecule has 2 aliphatic rings. The summed E-state index contributed by atoms with van der Waals surface area (Å²) in [5.74, 6) is 0.308. The van der Waals surface area contributed by atoms with Crippen LogP contribution in [0, 0.1) is 5.41 Å². The number of rotatable bonds is 0. The predicted octanol–water partition coefficient (Wildman–Crippen LogP) is 3.02. The van der Waals surface area contributed by atoms with E-state index in [9.17, 15) is 4.79 Å². The zero-order chi connectivity index (χ0) is 9.47. The Hall–Kier alpha value is -0.850. The van der Waals surface area contributed by atoms with E-state index in [1.54, 1.807) is 0 Å². The normalized spacial score (nSPS) is 34.1. The summed E-state index contributed by atoms with van der Waals surface area (Å²) >= 11 is 0. The molecule has 0 saturated heterocycles. The zero-order valence-corrected chi connectivity index (χ0v) is 8.23. The molecule has 0 spiro atoms. The molecule has 0 aromatic carbocycles. The maximum Gasteiger partial charge on any atom is 0.155 e. The van der Waals surface area contributed by atoms with Gasteiger partial charge < -0.3 is 0 Å². The highest BCUT2D eigenvalue weighted by Crippen LogP contribution is 2.48. The molecule has 0 heterocycles. The van der Waals surface area contributed by atoms with Gasteiger partial charge in [0.25, 0.3) is 0 Å². The minimum atomic E-state index is 0.159. The van der Waals surface area contributed by atoms with E-state index in [0.29, 0.717) is 12.2 Å². The lowest BCUT2D eigenvalue weighted by Gasteiger charge is -2.40. The van der Waals surface area contributed by atoms with Gasteiger partial charge in [-0.2, -0.15) is 0 Å². The first-order valence-corrected chi connectivity index (χ1v) is 5.05. The molecule has 0 N–H and O–H groups in total. The SMILES string of the molecule is C=C1CCCC2=CC(=O)CC[C@@]12C. The van der Waals surface area contributed by atoms with Gasteiger partial charge in [-0.05, 0) is 31.8 Å². The third kappa shape index (κ3) is 1.27. The minimum Gasteiger partial charge on any atom is -0.295 e. The number of fused-ring (bicyclic) bond motifs is 1. The Morgan fingerprint density at radius 1 is 1.38 bits per heavy atom. The maximum atomic E-state index is 11.3. The van der Waals surface area contributed by atoms with Gasteiger partial charge in [-0.3, -0.25) is 4.79 Å². The molecule has 0 amide bonds. The van der Waals surface area contributed by atoms with E-state index >= 15 is 0 Å². The molecule has 70 valence electrons. The number of carbonyl (C=O) groups is 1. The fourth-order valence-electron chi connectivity index (χ4n) is 2.48. The standard InChI is InChI=1S/C12H16O/c1-9-4-3-5-10-8-11(13)6-7-12(9,10)2/h8H,1,3-7H2,2H3/t12-/m0/s1. The molecule has 2 aliphatic carbocycles. The van der Waals surface area contributed by atoms with Crippen molar-refractivity contribution in [3.63, 3.8) is 0 Å². The number of hydrogen-bond donors (Lipinski definition) is 0. The summed E-state index contributed by atoms with van der Waals surface area (Å²) in [5.41, 5.74) is 2.82. The van der Waals surface area contributed by atoms with Crippen molar-refractivity contribution in [2.24, 2.45) is 5.41 Å². The second-order valence-electron chi connectivity index (χ2n) is 4.43. The quantitative estimate of drug-likeness (QED) is 0.518. The van der Waals surface area contributed by atoms with Crippen molar-refractivity contribution < 1.29 is 4.79 Å². The third-order valence-corrected chi connectivity index (χ3v) is 3.62. The Morgan fingerprint density at radius 2 is 2.15 bits per heavy atom. The molecule has 13 heavy (non-hydrogen) atoms. The number of carbonyl (C=O) groups excluding carboxylic acids is 1. The summed E-state index contributed by atoms with van der Waals surface area (Å²) in [6.07, 6.45) is 6.97. The van der Waals surface area contributed by atoms with E-state index in [4.69, 9.17) is 0 Å². The first-order valence-electron chi connectivity index (χ1n) is 5.05. The molecule has 1 heteroatoms. The van der Waals surface area contributed by atoms with Crippen LogP contribution in [-0.4, -0.2) is 5.78 Å². The lowest BCUT2D eigenvalue weighted by Crippen LogP contribution is -2.30. The van der Waals surface area contributed by atoms with Crippen LogP contribution in [0.1, 0.15) is 39.0 Å². The minimum absolute atomic E-state index is 0.159.